The second-order valence-corrected chi connectivity index (χ2v) is 5.38. The van der Waals surface area contributed by atoms with Gasteiger partial charge in [0.15, 0.2) is 5.65 Å². The van der Waals surface area contributed by atoms with E-state index in [4.69, 9.17) is 0 Å². The van der Waals surface area contributed by atoms with E-state index in [1.807, 2.05) is 24.3 Å². The zero-order valence-electron chi connectivity index (χ0n) is 11.2. The third-order valence-electron chi connectivity index (χ3n) is 3.15. The molecule has 0 saturated heterocycles. The molecule has 6 nitrogen and oxygen atoms in total. The molecule has 0 aliphatic heterocycles. The molecule has 2 aromatic heterocycles. The number of H-pyrrole nitrogens is 1. The number of fused-ring (bicyclic) bond motifs is 1. The molecule has 0 amide bonds. The Bertz CT molecular complexity index is 783. The summed E-state index contributed by atoms with van der Waals surface area (Å²) >= 11 is 3.46. The van der Waals surface area contributed by atoms with Crippen LogP contribution >= 0.6 is 15.9 Å². The van der Waals surface area contributed by atoms with Crippen LogP contribution in [-0.4, -0.2) is 31.7 Å². The Balaban J connectivity index is 1.94. The van der Waals surface area contributed by atoms with Crippen LogP contribution < -0.4 is 10.6 Å². The van der Waals surface area contributed by atoms with E-state index < -0.39 is 0 Å². The maximum atomic E-state index is 11.6. The van der Waals surface area contributed by atoms with Gasteiger partial charge in [0.05, 0.1) is 0 Å². The van der Waals surface area contributed by atoms with Crippen molar-refractivity contribution >= 4 is 27.4 Å². The van der Waals surface area contributed by atoms with Crippen LogP contribution in [0.2, 0.25) is 0 Å². The smallest absolute Gasteiger partial charge is 0.350 e. The monoisotopic (exact) mass is 347 g/mol. The molecule has 0 saturated carbocycles. The Hall–Kier alpha value is -2.15. The molecule has 0 spiro atoms. The molecule has 1 N–H and O–H groups in total. The molecule has 0 aliphatic rings. The van der Waals surface area contributed by atoms with E-state index in [2.05, 4.69) is 48.3 Å². The summed E-state index contributed by atoms with van der Waals surface area (Å²) in [5.74, 6) is 0.745. The number of aromatic amines is 1. The van der Waals surface area contributed by atoms with E-state index in [0.717, 1.165) is 24.2 Å². The lowest BCUT2D eigenvalue weighted by atomic mass is 10.2. The quantitative estimate of drug-likeness (QED) is 0.715. The molecule has 0 atom stereocenters. The summed E-state index contributed by atoms with van der Waals surface area (Å²) in [7, 11) is 0. The Morgan fingerprint density at radius 1 is 1.19 bits per heavy atom. The van der Waals surface area contributed by atoms with Crippen LogP contribution in [0.5, 0.6) is 0 Å². The fraction of sp³-hybridized carbons (Fsp3) is 0.214. The average molecular weight is 348 g/mol. The van der Waals surface area contributed by atoms with Gasteiger partial charge in [0, 0.05) is 18.4 Å². The number of alkyl halides is 1. The summed E-state index contributed by atoms with van der Waals surface area (Å²) in [6.07, 6.45) is 0. The number of nitrogens with zero attached hydrogens (tertiary/aromatic N) is 4. The van der Waals surface area contributed by atoms with Crippen LogP contribution in [0.4, 0.5) is 5.82 Å². The van der Waals surface area contributed by atoms with Crippen molar-refractivity contribution in [3.8, 4) is 0 Å². The number of hydrogen-bond donors (Lipinski definition) is 1. The summed E-state index contributed by atoms with van der Waals surface area (Å²) in [6.45, 7) is 1.53. The molecular weight excluding hydrogens is 334 g/mol. The number of halogens is 1. The van der Waals surface area contributed by atoms with Gasteiger partial charge in [0.1, 0.15) is 5.82 Å². The first-order chi connectivity index (χ1) is 10.3. The number of hydrogen-bond acceptors (Lipinski definition) is 4. The van der Waals surface area contributed by atoms with Crippen LogP contribution in [0.3, 0.4) is 0 Å². The fourth-order valence-electron chi connectivity index (χ4n) is 2.14. The van der Waals surface area contributed by atoms with E-state index in [-0.39, 0.29) is 5.69 Å². The zero-order valence-corrected chi connectivity index (χ0v) is 12.8. The summed E-state index contributed by atoms with van der Waals surface area (Å²) < 4.78 is 1.28. The largest absolute Gasteiger partial charge is 0.364 e. The number of aromatic nitrogens is 4. The van der Waals surface area contributed by atoms with Crippen molar-refractivity contribution in [2.24, 2.45) is 0 Å². The maximum absolute atomic E-state index is 11.6. The lowest BCUT2D eigenvalue weighted by Crippen LogP contribution is -2.27. The van der Waals surface area contributed by atoms with Gasteiger partial charge in [-0.3, -0.25) is 0 Å². The highest BCUT2D eigenvalue weighted by atomic mass is 79.9. The van der Waals surface area contributed by atoms with Crippen molar-refractivity contribution in [1.29, 1.82) is 0 Å². The maximum Gasteiger partial charge on any atom is 0.364 e. The van der Waals surface area contributed by atoms with Gasteiger partial charge >= 0.3 is 5.69 Å². The summed E-state index contributed by atoms with van der Waals surface area (Å²) in [4.78, 5) is 13.7. The summed E-state index contributed by atoms with van der Waals surface area (Å²) in [5.41, 5.74) is 1.38. The number of rotatable bonds is 5. The Labute approximate surface area is 129 Å². The molecule has 0 aliphatic carbocycles. The molecule has 21 heavy (non-hydrogen) atoms. The highest BCUT2D eigenvalue weighted by molar-refractivity contribution is 9.09. The fourth-order valence-corrected chi connectivity index (χ4v) is 2.57. The van der Waals surface area contributed by atoms with Crippen molar-refractivity contribution in [3.63, 3.8) is 0 Å². The predicted octanol–water partition coefficient (Wildman–Crippen LogP) is 1.82. The third kappa shape index (κ3) is 2.97. The predicted molar refractivity (Wildman–Crippen MR) is 84.9 cm³/mol. The molecule has 2 heterocycles. The van der Waals surface area contributed by atoms with E-state index in [9.17, 15) is 4.79 Å². The summed E-state index contributed by atoms with van der Waals surface area (Å²) in [5, 5.41) is 11.5. The van der Waals surface area contributed by atoms with Gasteiger partial charge in [-0.2, -0.15) is 9.61 Å². The van der Waals surface area contributed by atoms with Crippen LogP contribution in [0.25, 0.3) is 5.65 Å². The highest BCUT2D eigenvalue weighted by Crippen LogP contribution is 2.14. The van der Waals surface area contributed by atoms with Crippen molar-refractivity contribution in [2.45, 2.75) is 6.54 Å². The van der Waals surface area contributed by atoms with E-state index >= 15 is 0 Å². The lowest BCUT2D eigenvalue weighted by molar-refractivity contribution is 0.779. The first-order valence-corrected chi connectivity index (χ1v) is 7.69. The van der Waals surface area contributed by atoms with Gasteiger partial charge in [-0.15, -0.1) is 5.10 Å². The van der Waals surface area contributed by atoms with Gasteiger partial charge in [-0.25, -0.2) is 9.89 Å². The SMILES string of the molecule is O=c1[nH]nc2ccc(N(CCBr)Cc3ccccc3)nn12. The highest BCUT2D eigenvalue weighted by Gasteiger charge is 2.10. The Morgan fingerprint density at radius 2 is 2.00 bits per heavy atom. The topological polar surface area (TPSA) is 66.3 Å². The average Bonchev–Trinajstić information content (AvgIpc) is 2.89. The number of anilines is 1. The van der Waals surface area contributed by atoms with Crippen molar-refractivity contribution < 1.29 is 0 Å². The van der Waals surface area contributed by atoms with Crippen LogP contribution in [0.15, 0.2) is 47.3 Å². The van der Waals surface area contributed by atoms with Gasteiger partial charge in [-0.05, 0) is 17.7 Å². The minimum atomic E-state index is -0.328. The third-order valence-corrected chi connectivity index (χ3v) is 3.51. The minimum Gasteiger partial charge on any atom is -0.350 e. The molecule has 108 valence electrons. The van der Waals surface area contributed by atoms with Crippen molar-refractivity contribution in [3.05, 3.63) is 58.5 Å². The first-order valence-electron chi connectivity index (χ1n) is 6.57. The normalized spacial score (nSPS) is 10.9. The number of nitrogens with one attached hydrogen (secondary N) is 1. The first kappa shape index (κ1) is 13.8. The van der Waals surface area contributed by atoms with Gasteiger partial charge in [0.25, 0.3) is 0 Å². The second kappa shape index (κ2) is 6.09. The van der Waals surface area contributed by atoms with Crippen molar-refractivity contribution in [1.82, 2.24) is 19.8 Å². The van der Waals surface area contributed by atoms with Gasteiger partial charge < -0.3 is 4.90 Å². The molecule has 3 rings (SSSR count). The molecule has 7 heteroatoms. The molecule has 0 unspecified atom stereocenters. The molecule has 3 aromatic rings. The molecule has 1 aromatic carbocycles. The number of benzene rings is 1. The molecule has 0 bridgehead atoms. The lowest BCUT2D eigenvalue weighted by Gasteiger charge is -2.22. The minimum absolute atomic E-state index is 0.328. The summed E-state index contributed by atoms with van der Waals surface area (Å²) in [6, 6.07) is 13.8. The Morgan fingerprint density at radius 3 is 2.76 bits per heavy atom. The van der Waals surface area contributed by atoms with Gasteiger partial charge in [-0.1, -0.05) is 46.3 Å². The van der Waals surface area contributed by atoms with Gasteiger partial charge in [0.2, 0.25) is 0 Å². The molecular formula is C14H14BrN5O. The van der Waals surface area contributed by atoms with Crippen LogP contribution in [-0.2, 0) is 6.54 Å². The van der Waals surface area contributed by atoms with E-state index in [1.54, 1.807) is 6.07 Å². The molecule has 0 radical (unpaired) electrons. The standard InChI is InChI=1S/C14H14BrN5O/c15-8-9-19(10-11-4-2-1-3-5-11)13-7-6-12-16-17-14(21)20(12)18-13/h1-7H,8-10H2,(H,17,21). The van der Waals surface area contributed by atoms with Crippen molar-refractivity contribution in [2.75, 3.05) is 16.8 Å². The molecule has 0 fully saturated rings. The Kier molecular flexibility index (Phi) is 4.01. The zero-order chi connectivity index (χ0) is 14.7. The van der Waals surface area contributed by atoms with E-state index in [0.29, 0.717) is 5.65 Å². The second-order valence-electron chi connectivity index (χ2n) is 4.59. The van der Waals surface area contributed by atoms with Crippen LogP contribution in [0.1, 0.15) is 5.56 Å². The van der Waals surface area contributed by atoms with Crippen LogP contribution in [0, 0.1) is 0 Å². The van der Waals surface area contributed by atoms with E-state index in [1.165, 1.54) is 10.1 Å².